The molecular formula is C15H24O2S. The van der Waals surface area contributed by atoms with Gasteiger partial charge >= 0.3 is 0 Å². The SMILES string of the molecule is CCOC(C1CCCCC1)C(O)c1ccsc1C. The third-order valence-corrected chi connectivity index (χ3v) is 4.86. The van der Waals surface area contributed by atoms with E-state index in [9.17, 15) is 5.11 Å². The van der Waals surface area contributed by atoms with Gasteiger partial charge < -0.3 is 9.84 Å². The highest BCUT2D eigenvalue weighted by atomic mass is 32.1. The minimum atomic E-state index is -0.459. The Balaban J connectivity index is 2.10. The van der Waals surface area contributed by atoms with Gasteiger partial charge in [0.2, 0.25) is 0 Å². The Morgan fingerprint density at radius 1 is 1.39 bits per heavy atom. The van der Waals surface area contributed by atoms with E-state index in [2.05, 4.69) is 12.3 Å². The molecule has 1 aromatic heterocycles. The number of hydrogen-bond acceptors (Lipinski definition) is 3. The maximum atomic E-state index is 10.6. The van der Waals surface area contributed by atoms with E-state index in [4.69, 9.17) is 4.74 Å². The first-order chi connectivity index (χ1) is 8.74. The molecule has 0 spiro atoms. The van der Waals surface area contributed by atoms with E-state index in [-0.39, 0.29) is 6.10 Å². The van der Waals surface area contributed by atoms with Crippen molar-refractivity contribution in [2.75, 3.05) is 6.61 Å². The zero-order valence-electron chi connectivity index (χ0n) is 11.4. The Morgan fingerprint density at radius 2 is 2.11 bits per heavy atom. The van der Waals surface area contributed by atoms with Crippen LogP contribution in [0.5, 0.6) is 0 Å². The van der Waals surface area contributed by atoms with Crippen molar-refractivity contribution in [3.05, 3.63) is 21.9 Å². The van der Waals surface area contributed by atoms with Crippen molar-refractivity contribution in [3.63, 3.8) is 0 Å². The van der Waals surface area contributed by atoms with Gasteiger partial charge in [0.25, 0.3) is 0 Å². The number of aryl methyl sites for hydroxylation is 1. The van der Waals surface area contributed by atoms with Gasteiger partial charge in [0, 0.05) is 11.5 Å². The minimum Gasteiger partial charge on any atom is -0.386 e. The fourth-order valence-electron chi connectivity index (χ4n) is 3.02. The van der Waals surface area contributed by atoms with Crippen LogP contribution in [0.15, 0.2) is 11.4 Å². The first kappa shape index (κ1) is 14.0. The standard InChI is InChI=1S/C15H24O2S/c1-3-17-15(12-7-5-4-6-8-12)14(16)13-9-10-18-11(13)2/h9-10,12,14-16H,3-8H2,1-2H3. The molecule has 3 heteroatoms. The van der Waals surface area contributed by atoms with Crippen LogP contribution in [-0.2, 0) is 4.74 Å². The molecule has 1 heterocycles. The molecular weight excluding hydrogens is 244 g/mol. The zero-order chi connectivity index (χ0) is 13.0. The fraction of sp³-hybridized carbons (Fsp3) is 0.733. The zero-order valence-corrected chi connectivity index (χ0v) is 12.2. The normalized spacial score (nSPS) is 20.8. The minimum absolute atomic E-state index is 0.0244. The highest BCUT2D eigenvalue weighted by Crippen LogP contribution is 2.36. The molecule has 18 heavy (non-hydrogen) atoms. The molecule has 102 valence electrons. The van der Waals surface area contributed by atoms with Gasteiger partial charge in [-0.25, -0.2) is 0 Å². The van der Waals surface area contributed by atoms with Crippen LogP contribution in [0.1, 0.15) is 55.6 Å². The quantitative estimate of drug-likeness (QED) is 0.872. The van der Waals surface area contributed by atoms with E-state index >= 15 is 0 Å². The van der Waals surface area contributed by atoms with E-state index in [1.54, 1.807) is 11.3 Å². The Kier molecular flexibility index (Phi) is 5.22. The molecule has 1 aromatic rings. The van der Waals surface area contributed by atoms with Crippen LogP contribution in [0.4, 0.5) is 0 Å². The van der Waals surface area contributed by atoms with Crippen molar-refractivity contribution in [2.45, 2.75) is 58.2 Å². The van der Waals surface area contributed by atoms with Gasteiger partial charge in [0.05, 0.1) is 6.10 Å². The van der Waals surface area contributed by atoms with Gasteiger partial charge in [-0.2, -0.15) is 0 Å². The van der Waals surface area contributed by atoms with Crippen LogP contribution in [0.3, 0.4) is 0 Å². The van der Waals surface area contributed by atoms with Gasteiger partial charge in [-0.15, -0.1) is 11.3 Å². The molecule has 1 saturated carbocycles. The molecule has 1 fully saturated rings. The summed E-state index contributed by atoms with van der Waals surface area (Å²) in [5.74, 6) is 0.521. The summed E-state index contributed by atoms with van der Waals surface area (Å²) < 4.78 is 5.88. The van der Waals surface area contributed by atoms with Crippen LogP contribution >= 0.6 is 11.3 Å². The lowest BCUT2D eigenvalue weighted by molar-refractivity contribution is -0.0739. The third kappa shape index (κ3) is 3.14. The Bertz CT molecular complexity index is 355. The molecule has 0 saturated heterocycles. The molecule has 2 unspecified atom stereocenters. The molecule has 0 aliphatic heterocycles. The Hall–Kier alpha value is -0.380. The molecule has 2 rings (SSSR count). The molecule has 2 nitrogen and oxygen atoms in total. The van der Waals surface area contributed by atoms with Crippen LogP contribution in [0, 0.1) is 12.8 Å². The molecule has 0 amide bonds. The summed E-state index contributed by atoms with van der Waals surface area (Å²) in [6.07, 6.45) is 5.81. The molecule has 0 radical (unpaired) electrons. The van der Waals surface area contributed by atoms with Crippen LogP contribution in [0.25, 0.3) is 0 Å². The van der Waals surface area contributed by atoms with E-state index in [1.807, 2.05) is 13.0 Å². The fourth-order valence-corrected chi connectivity index (χ4v) is 3.76. The number of hydrogen-bond donors (Lipinski definition) is 1. The summed E-state index contributed by atoms with van der Waals surface area (Å²) in [6.45, 7) is 4.78. The highest BCUT2D eigenvalue weighted by Gasteiger charge is 2.31. The van der Waals surface area contributed by atoms with E-state index in [0.717, 1.165) is 5.56 Å². The Morgan fingerprint density at radius 3 is 2.67 bits per heavy atom. The lowest BCUT2D eigenvalue weighted by Crippen LogP contribution is -2.32. The first-order valence-electron chi connectivity index (χ1n) is 7.07. The molecule has 0 bridgehead atoms. The second-order valence-corrected chi connectivity index (χ2v) is 6.32. The first-order valence-corrected chi connectivity index (χ1v) is 7.95. The number of aliphatic hydroxyl groups is 1. The largest absolute Gasteiger partial charge is 0.386 e. The lowest BCUT2D eigenvalue weighted by Gasteiger charge is -2.33. The lowest BCUT2D eigenvalue weighted by atomic mass is 9.82. The number of rotatable bonds is 5. The van der Waals surface area contributed by atoms with Crippen molar-refractivity contribution >= 4 is 11.3 Å². The Labute approximate surface area is 114 Å². The molecule has 1 aliphatic rings. The van der Waals surface area contributed by atoms with Gasteiger partial charge in [-0.3, -0.25) is 0 Å². The summed E-state index contributed by atoms with van der Waals surface area (Å²) in [7, 11) is 0. The van der Waals surface area contributed by atoms with Gasteiger partial charge in [0.1, 0.15) is 6.10 Å². The monoisotopic (exact) mass is 268 g/mol. The van der Waals surface area contributed by atoms with Crippen molar-refractivity contribution in [1.82, 2.24) is 0 Å². The average Bonchev–Trinajstić information content (AvgIpc) is 2.82. The summed E-state index contributed by atoms with van der Waals surface area (Å²) in [6, 6.07) is 2.04. The van der Waals surface area contributed by atoms with E-state index in [1.165, 1.54) is 37.0 Å². The van der Waals surface area contributed by atoms with Crippen LogP contribution < -0.4 is 0 Å². The molecule has 0 aromatic carbocycles. The van der Waals surface area contributed by atoms with Crippen molar-refractivity contribution in [3.8, 4) is 0 Å². The number of thiophene rings is 1. The predicted molar refractivity (Wildman–Crippen MR) is 76.0 cm³/mol. The van der Waals surface area contributed by atoms with Gasteiger partial charge in [0.15, 0.2) is 0 Å². The maximum absolute atomic E-state index is 10.6. The maximum Gasteiger partial charge on any atom is 0.106 e. The van der Waals surface area contributed by atoms with Gasteiger partial charge in [-0.05, 0) is 49.6 Å². The number of ether oxygens (including phenoxy) is 1. The average molecular weight is 268 g/mol. The van der Waals surface area contributed by atoms with Crippen molar-refractivity contribution in [1.29, 1.82) is 0 Å². The summed E-state index contributed by atoms with van der Waals surface area (Å²) in [5.41, 5.74) is 1.06. The number of aliphatic hydroxyl groups excluding tert-OH is 1. The summed E-state index contributed by atoms with van der Waals surface area (Å²) in [5, 5.41) is 12.7. The van der Waals surface area contributed by atoms with Crippen molar-refractivity contribution < 1.29 is 9.84 Å². The van der Waals surface area contributed by atoms with E-state index in [0.29, 0.717) is 12.5 Å². The van der Waals surface area contributed by atoms with Crippen LogP contribution in [0.2, 0.25) is 0 Å². The smallest absolute Gasteiger partial charge is 0.106 e. The summed E-state index contributed by atoms with van der Waals surface area (Å²) >= 11 is 1.70. The van der Waals surface area contributed by atoms with Gasteiger partial charge in [-0.1, -0.05) is 19.3 Å². The molecule has 1 aliphatic carbocycles. The topological polar surface area (TPSA) is 29.5 Å². The second-order valence-electron chi connectivity index (χ2n) is 5.20. The molecule has 2 atom stereocenters. The van der Waals surface area contributed by atoms with Crippen LogP contribution in [-0.4, -0.2) is 17.8 Å². The molecule has 1 N–H and O–H groups in total. The second kappa shape index (κ2) is 6.69. The summed E-state index contributed by atoms with van der Waals surface area (Å²) in [4.78, 5) is 1.21. The van der Waals surface area contributed by atoms with Crippen molar-refractivity contribution in [2.24, 2.45) is 5.92 Å². The third-order valence-electron chi connectivity index (χ3n) is 4.00. The highest BCUT2D eigenvalue weighted by molar-refractivity contribution is 7.10. The van der Waals surface area contributed by atoms with E-state index < -0.39 is 6.10 Å². The predicted octanol–water partition coefficient (Wildman–Crippen LogP) is 4.08.